The van der Waals surface area contributed by atoms with Gasteiger partial charge in [-0.1, -0.05) is 18.2 Å². The Morgan fingerprint density at radius 1 is 1.33 bits per heavy atom. The van der Waals surface area contributed by atoms with E-state index >= 15 is 0 Å². The van der Waals surface area contributed by atoms with Crippen LogP contribution in [0, 0.1) is 13.8 Å². The van der Waals surface area contributed by atoms with Crippen LogP contribution in [-0.4, -0.2) is 31.0 Å². The first-order chi connectivity index (χ1) is 9.99. The lowest BCUT2D eigenvalue weighted by Crippen LogP contribution is -2.30. The zero-order valence-electron chi connectivity index (χ0n) is 12.6. The SMILES string of the molecule is Cc1ccccc1OCCN(C)C(=O)c1cc(N)c(C)s1. The van der Waals surface area contributed by atoms with Gasteiger partial charge in [-0.2, -0.15) is 0 Å². The van der Waals surface area contributed by atoms with Crippen LogP contribution in [-0.2, 0) is 0 Å². The molecule has 0 fully saturated rings. The predicted molar refractivity (Wildman–Crippen MR) is 87.1 cm³/mol. The van der Waals surface area contributed by atoms with E-state index in [4.69, 9.17) is 10.5 Å². The van der Waals surface area contributed by atoms with Gasteiger partial charge in [0, 0.05) is 17.6 Å². The van der Waals surface area contributed by atoms with Crippen molar-refractivity contribution in [2.45, 2.75) is 13.8 Å². The van der Waals surface area contributed by atoms with Gasteiger partial charge in [0.15, 0.2) is 0 Å². The lowest BCUT2D eigenvalue weighted by molar-refractivity contribution is 0.0778. The summed E-state index contributed by atoms with van der Waals surface area (Å²) < 4.78 is 5.71. The van der Waals surface area contributed by atoms with Gasteiger partial charge in [0.05, 0.1) is 11.4 Å². The highest BCUT2D eigenvalue weighted by molar-refractivity contribution is 7.14. The van der Waals surface area contributed by atoms with Gasteiger partial charge in [-0.25, -0.2) is 0 Å². The number of ether oxygens (including phenoxy) is 1. The molecule has 2 aromatic rings. The minimum absolute atomic E-state index is 0.0202. The fourth-order valence-electron chi connectivity index (χ4n) is 1.90. The number of hydrogen-bond donors (Lipinski definition) is 1. The molecule has 21 heavy (non-hydrogen) atoms. The molecule has 2 rings (SSSR count). The van der Waals surface area contributed by atoms with Crippen LogP contribution in [0.25, 0.3) is 0 Å². The second-order valence-electron chi connectivity index (χ2n) is 4.96. The molecular weight excluding hydrogens is 284 g/mol. The van der Waals surface area contributed by atoms with E-state index < -0.39 is 0 Å². The van der Waals surface area contributed by atoms with Gasteiger partial charge < -0.3 is 15.4 Å². The molecule has 4 nitrogen and oxygen atoms in total. The molecule has 1 aromatic carbocycles. The molecule has 1 heterocycles. The molecule has 5 heteroatoms. The largest absolute Gasteiger partial charge is 0.491 e. The van der Waals surface area contributed by atoms with Crippen molar-refractivity contribution in [1.82, 2.24) is 4.90 Å². The number of benzene rings is 1. The van der Waals surface area contributed by atoms with Crippen LogP contribution in [0.1, 0.15) is 20.1 Å². The average Bonchev–Trinajstić information content (AvgIpc) is 2.80. The monoisotopic (exact) mass is 304 g/mol. The maximum atomic E-state index is 12.2. The van der Waals surface area contributed by atoms with Crippen molar-refractivity contribution in [2.24, 2.45) is 0 Å². The maximum Gasteiger partial charge on any atom is 0.263 e. The van der Waals surface area contributed by atoms with Crippen LogP contribution in [0.5, 0.6) is 5.75 Å². The van der Waals surface area contributed by atoms with E-state index in [9.17, 15) is 4.79 Å². The van der Waals surface area contributed by atoms with Crippen molar-refractivity contribution < 1.29 is 9.53 Å². The van der Waals surface area contributed by atoms with Crippen LogP contribution in [0.3, 0.4) is 0 Å². The van der Waals surface area contributed by atoms with Crippen molar-refractivity contribution in [2.75, 3.05) is 25.9 Å². The van der Waals surface area contributed by atoms with Gasteiger partial charge in [-0.15, -0.1) is 11.3 Å². The minimum atomic E-state index is -0.0202. The molecule has 0 bridgehead atoms. The summed E-state index contributed by atoms with van der Waals surface area (Å²) in [6.07, 6.45) is 0. The number of thiophene rings is 1. The average molecular weight is 304 g/mol. The lowest BCUT2D eigenvalue weighted by Gasteiger charge is -2.17. The Labute approximate surface area is 129 Å². The molecule has 1 amide bonds. The van der Waals surface area contributed by atoms with E-state index in [0.717, 1.165) is 16.2 Å². The maximum absolute atomic E-state index is 12.2. The number of likely N-dealkylation sites (N-methyl/N-ethyl adjacent to an activating group) is 1. The molecule has 0 saturated carbocycles. The number of aryl methyl sites for hydroxylation is 2. The first kappa shape index (κ1) is 15.4. The molecule has 0 aliphatic rings. The summed E-state index contributed by atoms with van der Waals surface area (Å²) in [4.78, 5) is 15.5. The van der Waals surface area contributed by atoms with E-state index in [2.05, 4.69) is 0 Å². The van der Waals surface area contributed by atoms with Gasteiger partial charge in [0.2, 0.25) is 0 Å². The number of nitrogens with two attached hydrogens (primary N) is 1. The summed E-state index contributed by atoms with van der Waals surface area (Å²) in [6, 6.07) is 9.58. The fraction of sp³-hybridized carbons (Fsp3) is 0.312. The summed E-state index contributed by atoms with van der Waals surface area (Å²) in [5.74, 6) is 0.836. The summed E-state index contributed by atoms with van der Waals surface area (Å²) in [5.41, 5.74) is 7.55. The first-order valence-electron chi connectivity index (χ1n) is 6.79. The molecule has 112 valence electrons. The number of carbonyl (C=O) groups is 1. The van der Waals surface area contributed by atoms with Crippen molar-refractivity contribution in [3.05, 3.63) is 45.6 Å². The second-order valence-corrected chi connectivity index (χ2v) is 6.22. The van der Waals surface area contributed by atoms with Crippen LogP contribution in [0.15, 0.2) is 30.3 Å². The van der Waals surface area contributed by atoms with Crippen LogP contribution >= 0.6 is 11.3 Å². The molecule has 0 aliphatic heterocycles. The quantitative estimate of drug-likeness (QED) is 0.923. The molecule has 2 N–H and O–H groups in total. The Hall–Kier alpha value is -2.01. The van der Waals surface area contributed by atoms with E-state index in [1.807, 2.05) is 38.1 Å². The van der Waals surface area contributed by atoms with Gasteiger partial charge in [0.1, 0.15) is 12.4 Å². The van der Waals surface area contributed by atoms with Crippen molar-refractivity contribution >= 4 is 22.9 Å². The molecular formula is C16H20N2O2S. The van der Waals surface area contributed by atoms with Gasteiger partial charge >= 0.3 is 0 Å². The standard InChI is InChI=1S/C16H20N2O2S/c1-11-6-4-5-7-14(11)20-9-8-18(3)16(19)15-10-13(17)12(2)21-15/h4-7,10H,8-9,17H2,1-3H3. The summed E-state index contributed by atoms with van der Waals surface area (Å²) in [7, 11) is 1.77. The smallest absolute Gasteiger partial charge is 0.263 e. The van der Waals surface area contributed by atoms with Crippen LogP contribution < -0.4 is 10.5 Å². The Morgan fingerprint density at radius 2 is 2.05 bits per heavy atom. The van der Waals surface area contributed by atoms with E-state index in [-0.39, 0.29) is 5.91 Å². The van der Waals surface area contributed by atoms with Crippen molar-refractivity contribution in [1.29, 1.82) is 0 Å². The number of carbonyl (C=O) groups excluding carboxylic acids is 1. The minimum Gasteiger partial charge on any atom is -0.491 e. The number of amides is 1. The molecule has 0 atom stereocenters. The first-order valence-corrected chi connectivity index (χ1v) is 7.60. The molecule has 0 spiro atoms. The third kappa shape index (κ3) is 3.76. The van der Waals surface area contributed by atoms with Gasteiger partial charge in [-0.3, -0.25) is 4.79 Å². The molecule has 0 saturated heterocycles. The number of anilines is 1. The Kier molecular flexibility index (Phi) is 4.85. The van der Waals surface area contributed by atoms with E-state index in [1.54, 1.807) is 18.0 Å². The Bertz CT molecular complexity index is 617. The van der Waals surface area contributed by atoms with Gasteiger partial charge in [-0.05, 0) is 31.5 Å². The van der Waals surface area contributed by atoms with Crippen molar-refractivity contribution in [3.8, 4) is 5.75 Å². The molecule has 0 unspecified atom stereocenters. The lowest BCUT2D eigenvalue weighted by atomic mass is 10.2. The van der Waals surface area contributed by atoms with Crippen LogP contribution in [0.4, 0.5) is 5.69 Å². The van der Waals surface area contributed by atoms with Crippen LogP contribution in [0.2, 0.25) is 0 Å². The third-order valence-corrected chi connectivity index (χ3v) is 4.35. The highest BCUT2D eigenvalue weighted by Crippen LogP contribution is 2.24. The zero-order valence-corrected chi connectivity index (χ0v) is 13.4. The second kappa shape index (κ2) is 6.63. The summed E-state index contributed by atoms with van der Waals surface area (Å²) >= 11 is 1.43. The Morgan fingerprint density at radius 3 is 2.67 bits per heavy atom. The van der Waals surface area contributed by atoms with E-state index in [0.29, 0.717) is 23.7 Å². The molecule has 0 aliphatic carbocycles. The normalized spacial score (nSPS) is 10.4. The topological polar surface area (TPSA) is 55.6 Å². The number of hydrogen-bond acceptors (Lipinski definition) is 4. The number of nitrogen functional groups attached to an aromatic ring is 1. The Balaban J connectivity index is 1.88. The predicted octanol–water partition coefficient (Wildman–Crippen LogP) is 3.10. The third-order valence-electron chi connectivity index (χ3n) is 3.29. The summed E-state index contributed by atoms with van der Waals surface area (Å²) in [5, 5.41) is 0. The van der Waals surface area contributed by atoms with Crippen molar-refractivity contribution in [3.63, 3.8) is 0 Å². The highest BCUT2D eigenvalue weighted by Gasteiger charge is 2.15. The van der Waals surface area contributed by atoms with E-state index in [1.165, 1.54) is 11.3 Å². The van der Waals surface area contributed by atoms with Gasteiger partial charge in [0.25, 0.3) is 5.91 Å². The number of rotatable bonds is 5. The molecule has 0 radical (unpaired) electrons. The number of nitrogens with zero attached hydrogens (tertiary/aromatic N) is 1. The summed E-state index contributed by atoms with van der Waals surface area (Å²) in [6.45, 7) is 4.91. The number of para-hydroxylation sites is 1. The molecule has 1 aromatic heterocycles. The highest BCUT2D eigenvalue weighted by atomic mass is 32.1. The fourth-order valence-corrected chi connectivity index (χ4v) is 2.84. The zero-order chi connectivity index (χ0) is 15.4.